The van der Waals surface area contributed by atoms with Gasteiger partial charge in [0, 0.05) is 0 Å². The maximum absolute atomic E-state index is 12.0. The van der Waals surface area contributed by atoms with E-state index in [1.54, 1.807) is 12.1 Å². The van der Waals surface area contributed by atoms with Crippen LogP contribution in [0.5, 0.6) is 0 Å². The van der Waals surface area contributed by atoms with Crippen LogP contribution in [-0.4, -0.2) is 28.7 Å². The topological polar surface area (TPSA) is 66.8 Å². The molecule has 1 aromatic carbocycles. The van der Waals surface area contributed by atoms with Gasteiger partial charge in [-0.3, -0.25) is 4.90 Å². The molecule has 19 heavy (non-hydrogen) atoms. The Hall–Kier alpha value is -2.04. The highest BCUT2D eigenvalue weighted by atomic mass is 16.6. The average molecular weight is 263 g/mol. The number of ether oxygens (including phenoxy) is 1. The number of carbonyl (C=O) groups is 2. The zero-order valence-electron chi connectivity index (χ0n) is 11.0. The number of hydrogen-bond donors (Lipinski definition) is 1. The molecule has 1 atom stereocenters. The fourth-order valence-electron chi connectivity index (χ4n) is 2.14. The molecule has 102 valence electrons. The lowest BCUT2D eigenvalue weighted by molar-refractivity contribution is -0.142. The molecule has 2 rings (SSSR count). The summed E-state index contributed by atoms with van der Waals surface area (Å²) in [5.74, 6) is -0.816. The fraction of sp³-hybridized carbons (Fsp3) is 0.429. The minimum absolute atomic E-state index is 0.220. The molecular weight excluding hydrogens is 246 g/mol. The van der Waals surface area contributed by atoms with Crippen LogP contribution < -0.4 is 0 Å². The molecule has 1 N–H and O–H groups in total. The minimum atomic E-state index is -1.04. The molecule has 1 aromatic rings. The normalized spacial score (nSPS) is 17.4. The number of aliphatic carboxylic acids is 1. The summed E-state index contributed by atoms with van der Waals surface area (Å²) in [6.45, 7) is 4.43. The van der Waals surface area contributed by atoms with E-state index in [1.165, 1.54) is 4.90 Å². The van der Waals surface area contributed by atoms with Gasteiger partial charge >= 0.3 is 12.1 Å². The van der Waals surface area contributed by atoms with Crippen LogP contribution >= 0.6 is 0 Å². The maximum Gasteiger partial charge on any atom is 0.411 e. The number of carboxylic acid groups (broad SMARTS) is 1. The van der Waals surface area contributed by atoms with Crippen molar-refractivity contribution in [1.29, 1.82) is 0 Å². The van der Waals surface area contributed by atoms with Crippen molar-refractivity contribution >= 4 is 12.1 Å². The standard InChI is InChI=1S/C14H17NO4/c1-9(2)8-19-14(18)15-7-10-5-3-4-6-11(10)12(15)13(16)17/h3-6,9,12H,7-8H2,1-2H3,(H,16,17). The Morgan fingerprint density at radius 3 is 2.74 bits per heavy atom. The molecule has 0 bridgehead atoms. The van der Waals surface area contributed by atoms with Gasteiger partial charge in [0.2, 0.25) is 0 Å². The zero-order valence-corrected chi connectivity index (χ0v) is 11.0. The van der Waals surface area contributed by atoms with Crippen molar-refractivity contribution in [2.45, 2.75) is 26.4 Å². The summed E-state index contributed by atoms with van der Waals surface area (Å²) < 4.78 is 5.12. The van der Waals surface area contributed by atoms with Crippen LogP contribution in [-0.2, 0) is 16.1 Å². The van der Waals surface area contributed by atoms with Gasteiger partial charge in [-0.05, 0) is 17.0 Å². The van der Waals surface area contributed by atoms with Gasteiger partial charge in [-0.2, -0.15) is 0 Å². The Kier molecular flexibility index (Phi) is 3.74. The first-order chi connectivity index (χ1) is 9.00. The summed E-state index contributed by atoms with van der Waals surface area (Å²) in [5, 5.41) is 9.31. The molecule has 1 unspecified atom stereocenters. The van der Waals surface area contributed by atoms with Gasteiger partial charge in [0.25, 0.3) is 0 Å². The van der Waals surface area contributed by atoms with Crippen molar-refractivity contribution in [2.75, 3.05) is 6.61 Å². The van der Waals surface area contributed by atoms with Crippen LogP contribution in [0.15, 0.2) is 24.3 Å². The van der Waals surface area contributed by atoms with Crippen LogP contribution in [0.2, 0.25) is 0 Å². The number of carbonyl (C=O) groups excluding carboxylic acids is 1. The van der Waals surface area contributed by atoms with Gasteiger partial charge in [-0.25, -0.2) is 9.59 Å². The maximum atomic E-state index is 12.0. The molecule has 0 saturated heterocycles. The molecular formula is C14H17NO4. The molecule has 0 fully saturated rings. The van der Waals surface area contributed by atoms with Gasteiger partial charge in [0.1, 0.15) is 0 Å². The third-order valence-corrected chi connectivity index (χ3v) is 3.01. The van der Waals surface area contributed by atoms with Gasteiger partial charge in [0.15, 0.2) is 6.04 Å². The highest BCUT2D eigenvalue weighted by Gasteiger charge is 2.39. The second kappa shape index (κ2) is 5.30. The molecule has 0 saturated carbocycles. The van der Waals surface area contributed by atoms with Crippen molar-refractivity contribution < 1.29 is 19.4 Å². The van der Waals surface area contributed by atoms with E-state index in [-0.39, 0.29) is 19.1 Å². The predicted octanol–water partition coefficient (Wildman–Crippen LogP) is 2.42. The van der Waals surface area contributed by atoms with E-state index < -0.39 is 18.1 Å². The minimum Gasteiger partial charge on any atom is -0.479 e. The Labute approximate surface area is 111 Å². The third-order valence-electron chi connectivity index (χ3n) is 3.01. The summed E-state index contributed by atoms with van der Waals surface area (Å²) in [4.78, 5) is 24.6. The lowest BCUT2D eigenvalue weighted by atomic mass is 10.1. The molecule has 1 aliphatic rings. The van der Waals surface area contributed by atoms with Crippen LogP contribution in [0.1, 0.15) is 31.0 Å². The van der Waals surface area contributed by atoms with Gasteiger partial charge in [-0.1, -0.05) is 38.1 Å². The van der Waals surface area contributed by atoms with Crippen LogP contribution in [0.25, 0.3) is 0 Å². The molecule has 1 aliphatic heterocycles. The quantitative estimate of drug-likeness (QED) is 0.909. The molecule has 5 heteroatoms. The first kappa shape index (κ1) is 13.4. The molecule has 1 amide bonds. The summed E-state index contributed by atoms with van der Waals surface area (Å²) in [6.07, 6.45) is -0.572. The van der Waals surface area contributed by atoms with Crippen molar-refractivity contribution in [3.8, 4) is 0 Å². The molecule has 0 aromatic heterocycles. The second-order valence-electron chi connectivity index (χ2n) is 5.04. The first-order valence-corrected chi connectivity index (χ1v) is 6.24. The number of carboxylic acids is 1. The Balaban J connectivity index is 2.19. The fourth-order valence-corrected chi connectivity index (χ4v) is 2.14. The van der Waals surface area contributed by atoms with Crippen molar-refractivity contribution in [3.63, 3.8) is 0 Å². The first-order valence-electron chi connectivity index (χ1n) is 6.24. The SMILES string of the molecule is CC(C)COC(=O)N1Cc2ccccc2C1C(=O)O. The Morgan fingerprint density at radius 1 is 1.42 bits per heavy atom. The van der Waals surface area contributed by atoms with Gasteiger partial charge in [0.05, 0.1) is 13.2 Å². The van der Waals surface area contributed by atoms with Crippen LogP contribution in [0.3, 0.4) is 0 Å². The number of nitrogens with zero attached hydrogens (tertiary/aromatic N) is 1. The van der Waals surface area contributed by atoms with E-state index in [0.717, 1.165) is 5.56 Å². The monoisotopic (exact) mass is 263 g/mol. The van der Waals surface area contributed by atoms with Crippen LogP contribution in [0, 0.1) is 5.92 Å². The van der Waals surface area contributed by atoms with E-state index in [9.17, 15) is 14.7 Å². The van der Waals surface area contributed by atoms with Crippen molar-refractivity contribution in [3.05, 3.63) is 35.4 Å². The van der Waals surface area contributed by atoms with Gasteiger partial charge < -0.3 is 9.84 Å². The smallest absolute Gasteiger partial charge is 0.411 e. The zero-order chi connectivity index (χ0) is 14.0. The molecule has 0 spiro atoms. The summed E-state index contributed by atoms with van der Waals surface area (Å²) in [6, 6.07) is 6.24. The molecule has 1 heterocycles. The number of benzene rings is 1. The van der Waals surface area contributed by atoms with Crippen LogP contribution in [0.4, 0.5) is 4.79 Å². The average Bonchev–Trinajstić information content (AvgIpc) is 2.75. The van der Waals surface area contributed by atoms with Gasteiger partial charge in [-0.15, -0.1) is 0 Å². The molecule has 0 radical (unpaired) electrons. The highest BCUT2D eigenvalue weighted by molar-refractivity contribution is 5.83. The molecule has 5 nitrogen and oxygen atoms in total. The predicted molar refractivity (Wildman–Crippen MR) is 68.5 cm³/mol. The number of amides is 1. The van der Waals surface area contributed by atoms with E-state index in [4.69, 9.17) is 4.74 Å². The lowest BCUT2D eigenvalue weighted by Crippen LogP contribution is -2.34. The van der Waals surface area contributed by atoms with E-state index in [0.29, 0.717) is 5.56 Å². The number of fused-ring (bicyclic) bond motifs is 1. The Bertz CT molecular complexity index is 498. The summed E-state index contributed by atoms with van der Waals surface area (Å²) >= 11 is 0. The van der Waals surface area contributed by atoms with E-state index >= 15 is 0 Å². The summed E-state index contributed by atoms with van der Waals surface area (Å²) in [7, 11) is 0. The highest BCUT2D eigenvalue weighted by Crippen LogP contribution is 2.34. The summed E-state index contributed by atoms with van der Waals surface area (Å²) in [5.41, 5.74) is 1.52. The van der Waals surface area contributed by atoms with E-state index in [1.807, 2.05) is 26.0 Å². The molecule has 0 aliphatic carbocycles. The number of hydrogen-bond acceptors (Lipinski definition) is 3. The number of rotatable bonds is 3. The lowest BCUT2D eigenvalue weighted by Gasteiger charge is -2.21. The van der Waals surface area contributed by atoms with E-state index in [2.05, 4.69) is 0 Å². The van der Waals surface area contributed by atoms with Crippen molar-refractivity contribution in [1.82, 2.24) is 4.90 Å². The van der Waals surface area contributed by atoms with Crippen molar-refractivity contribution in [2.24, 2.45) is 5.92 Å². The third kappa shape index (κ3) is 2.70. The second-order valence-corrected chi connectivity index (χ2v) is 5.04. The largest absolute Gasteiger partial charge is 0.479 e. The Morgan fingerprint density at radius 2 is 2.11 bits per heavy atom.